The lowest BCUT2D eigenvalue weighted by Gasteiger charge is -2.34. The Hall–Kier alpha value is -1.41. The summed E-state index contributed by atoms with van der Waals surface area (Å²) in [6, 6.07) is 3.21. The van der Waals surface area contributed by atoms with Crippen LogP contribution in [-0.4, -0.2) is 18.0 Å². The molecule has 0 nitrogen and oxygen atoms in total. The molecule has 0 atom stereocenters. The molecular formula is C12H8F9. The monoisotopic (exact) mass is 323 g/mol. The Morgan fingerprint density at radius 2 is 1.24 bits per heavy atom. The Labute approximate surface area is 113 Å². The molecule has 1 aromatic rings. The zero-order valence-corrected chi connectivity index (χ0v) is 10.1. The van der Waals surface area contributed by atoms with Gasteiger partial charge in [-0.25, -0.2) is 0 Å². The van der Waals surface area contributed by atoms with Crippen LogP contribution < -0.4 is 0 Å². The zero-order chi connectivity index (χ0) is 16.7. The van der Waals surface area contributed by atoms with Gasteiger partial charge < -0.3 is 0 Å². The molecular weight excluding hydrogens is 315 g/mol. The van der Waals surface area contributed by atoms with Gasteiger partial charge in [0.25, 0.3) is 0 Å². The van der Waals surface area contributed by atoms with Crippen LogP contribution in [0.2, 0.25) is 0 Å². The minimum Gasteiger partial charge on any atom is -0.194 e. The number of alkyl halides is 9. The first kappa shape index (κ1) is 17.6. The van der Waals surface area contributed by atoms with Gasteiger partial charge in [0.2, 0.25) is 0 Å². The van der Waals surface area contributed by atoms with Crippen molar-refractivity contribution >= 4 is 0 Å². The fourth-order valence-corrected chi connectivity index (χ4v) is 1.59. The van der Waals surface area contributed by atoms with Gasteiger partial charge in [-0.1, -0.05) is 24.3 Å². The summed E-state index contributed by atoms with van der Waals surface area (Å²) in [4.78, 5) is 0. The molecule has 0 aliphatic rings. The van der Waals surface area contributed by atoms with E-state index < -0.39 is 41.5 Å². The minimum atomic E-state index is -6.89. The first-order valence-corrected chi connectivity index (χ1v) is 5.38. The maximum Gasteiger partial charge on any atom is 0.460 e. The van der Waals surface area contributed by atoms with Gasteiger partial charge in [0, 0.05) is 5.56 Å². The van der Waals surface area contributed by atoms with Crippen LogP contribution in [-0.2, 0) is 12.3 Å². The maximum atomic E-state index is 13.6. The molecule has 9 heteroatoms. The van der Waals surface area contributed by atoms with Gasteiger partial charge in [0.15, 0.2) is 0 Å². The first-order chi connectivity index (χ1) is 9.30. The van der Waals surface area contributed by atoms with Crippen LogP contribution in [0.25, 0.3) is 0 Å². The number of hydrogen-bond acceptors (Lipinski definition) is 0. The smallest absolute Gasteiger partial charge is 0.194 e. The third-order valence-electron chi connectivity index (χ3n) is 2.77. The molecule has 0 aromatic heterocycles. The van der Waals surface area contributed by atoms with Crippen LogP contribution in [0, 0.1) is 6.92 Å². The van der Waals surface area contributed by atoms with Crippen molar-refractivity contribution in [3.05, 3.63) is 42.3 Å². The summed E-state index contributed by atoms with van der Waals surface area (Å²) in [6.07, 6.45) is -7.31. The second-order valence-electron chi connectivity index (χ2n) is 4.13. The van der Waals surface area contributed by atoms with Crippen molar-refractivity contribution in [1.29, 1.82) is 0 Å². The van der Waals surface area contributed by atoms with E-state index in [1.54, 1.807) is 0 Å². The van der Waals surface area contributed by atoms with Crippen molar-refractivity contribution in [2.75, 3.05) is 0 Å². The topological polar surface area (TPSA) is 0 Å². The van der Waals surface area contributed by atoms with E-state index in [1.807, 2.05) is 0 Å². The van der Waals surface area contributed by atoms with Gasteiger partial charge >= 0.3 is 23.9 Å². The van der Waals surface area contributed by atoms with Crippen LogP contribution in [0.5, 0.6) is 0 Å². The van der Waals surface area contributed by atoms with Gasteiger partial charge in [-0.3, -0.25) is 0 Å². The standard InChI is InChI=1S/C12H8F9/c1-2-7-5-3-4-6-8(7)9(13,14)10(15,16)11(17,18)12(19,20)21/h3-6H,1-2H2. The van der Waals surface area contributed by atoms with Crippen molar-refractivity contribution in [3.8, 4) is 0 Å². The summed E-state index contributed by atoms with van der Waals surface area (Å²) in [7, 11) is 0. The molecule has 0 bridgehead atoms. The lowest BCUT2D eigenvalue weighted by molar-refractivity contribution is -0.399. The van der Waals surface area contributed by atoms with E-state index in [2.05, 4.69) is 6.92 Å². The molecule has 1 rings (SSSR count). The van der Waals surface area contributed by atoms with E-state index in [1.165, 1.54) is 0 Å². The van der Waals surface area contributed by atoms with Gasteiger partial charge in [0.05, 0.1) is 0 Å². The highest BCUT2D eigenvalue weighted by Crippen LogP contribution is 2.56. The van der Waals surface area contributed by atoms with Crippen LogP contribution in [0.15, 0.2) is 24.3 Å². The molecule has 0 spiro atoms. The number of halogens is 9. The van der Waals surface area contributed by atoms with Crippen molar-refractivity contribution in [2.45, 2.75) is 30.4 Å². The molecule has 0 fully saturated rings. The summed E-state index contributed by atoms with van der Waals surface area (Å²) < 4.78 is 115. The SMILES string of the molecule is [CH2]Cc1ccccc1C(F)(F)C(F)(F)C(F)(F)C(F)(F)F. The van der Waals surface area contributed by atoms with Crippen LogP contribution >= 0.6 is 0 Å². The molecule has 0 saturated carbocycles. The molecule has 21 heavy (non-hydrogen) atoms. The predicted octanol–water partition coefficient (Wildman–Crippen LogP) is 4.99. The number of rotatable bonds is 4. The van der Waals surface area contributed by atoms with Gasteiger partial charge in [-0.15, -0.1) is 0 Å². The number of hydrogen-bond donors (Lipinski definition) is 0. The average molecular weight is 323 g/mol. The lowest BCUT2D eigenvalue weighted by atomic mass is 9.92. The predicted molar refractivity (Wildman–Crippen MR) is 55.3 cm³/mol. The first-order valence-electron chi connectivity index (χ1n) is 5.38. The molecule has 0 aliphatic carbocycles. The quantitative estimate of drug-likeness (QED) is 0.685. The van der Waals surface area contributed by atoms with Crippen molar-refractivity contribution in [2.24, 2.45) is 0 Å². The molecule has 0 saturated heterocycles. The summed E-state index contributed by atoms with van der Waals surface area (Å²) in [5.74, 6) is -19.3. The fourth-order valence-electron chi connectivity index (χ4n) is 1.59. The van der Waals surface area contributed by atoms with E-state index in [9.17, 15) is 39.5 Å². The van der Waals surface area contributed by atoms with Crippen molar-refractivity contribution < 1.29 is 39.5 Å². The molecule has 0 heterocycles. The summed E-state index contributed by atoms with van der Waals surface area (Å²) >= 11 is 0. The third-order valence-corrected chi connectivity index (χ3v) is 2.77. The fraction of sp³-hybridized carbons (Fsp3) is 0.417. The Bertz CT molecular complexity index is 502. The Morgan fingerprint density at radius 1 is 0.762 bits per heavy atom. The number of benzene rings is 1. The Kier molecular flexibility index (Phi) is 4.28. The van der Waals surface area contributed by atoms with E-state index >= 15 is 0 Å². The normalized spacial score (nSPS) is 14.4. The highest BCUT2D eigenvalue weighted by atomic mass is 19.4. The van der Waals surface area contributed by atoms with Gasteiger partial charge in [-0.05, 0) is 18.9 Å². The molecule has 119 valence electrons. The molecule has 0 unspecified atom stereocenters. The lowest BCUT2D eigenvalue weighted by Crippen LogP contribution is -2.59. The molecule has 1 aromatic carbocycles. The van der Waals surface area contributed by atoms with Crippen molar-refractivity contribution in [1.82, 2.24) is 0 Å². The van der Waals surface area contributed by atoms with Gasteiger partial charge in [-0.2, -0.15) is 39.5 Å². The maximum absolute atomic E-state index is 13.6. The van der Waals surface area contributed by atoms with Crippen LogP contribution in [0.1, 0.15) is 11.1 Å². The Morgan fingerprint density at radius 3 is 1.67 bits per heavy atom. The summed E-state index contributed by atoms with van der Waals surface area (Å²) in [5.41, 5.74) is -2.17. The van der Waals surface area contributed by atoms with E-state index in [0.717, 1.165) is 18.2 Å². The molecule has 0 amide bonds. The minimum absolute atomic E-state index is 0.362. The second-order valence-corrected chi connectivity index (χ2v) is 4.13. The second kappa shape index (κ2) is 5.10. The molecule has 0 aliphatic heterocycles. The van der Waals surface area contributed by atoms with Crippen LogP contribution in [0.4, 0.5) is 39.5 Å². The highest BCUT2D eigenvalue weighted by Gasteiger charge is 2.82. The summed E-state index contributed by atoms with van der Waals surface area (Å²) in [6.45, 7) is 3.14. The van der Waals surface area contributed by atoms with Crippen molar-refractivity contribution in [3.63, 3.8) is 0 Å². The highest BCUT2D eigenvalue weighted by molar-refractivity contribution is 5.34. The zero-order valence-electron chi connectivity index (χ0n) is 10.1. The summed E-state index contributed by atoms with van der Waals surface area (Å²) in [5, 5.41) is 0. The van der Waals surface area contributed by atoms with E-state index in [-0.39, 0.29) is 0 Å². The van der Waals surface area contributed by atoms with E-state index in [0.29, 0.717) is 6.07 Å². The Balaban J connectivity index is 3.47. The average Bonchev–Trinajstić information content (AvgIpc) is 2.36. The van der Waals surface area contributed by atoms with Gasteiger partial charge in [0.1, 0.15) is 0 Å². The third kappa shape index (κ3) is 2.57. The molecule has 1 radical (unpaired) electrons. The van der Waals surface area contributed by atoms with Crippen LogP contribution in [0.3, 0.4) is 0 Å². The molecule has 0 N–H and O–H groups in total. The van der Waals surface area contributed by atoms with E-state index in [4.69, 9.17) is 0 Å². The largest absolute Gasteiger partial charge is 0.460 e.